The lowest BCUT2D eigenvalue weighted by Crippen LogP contribution is -2.28. The van der Waals surface area contributed by atoms with E-state index in [4.69, 9.17) is 4.74 Å². The molecule has 1 saturated carbocycles. The van der Waals surface area contributed by atoms with Crippen molar-refractivity contribution in [3.63, 3.8) is 0 Å². The second kappa shape index (κ2) is 7.07. The van der Waals surface area contributed by atoms with Crippen molar-refractivity contribution in [2.45, 2.75) is 42.2 Å². The fourth-order valence-electron chi connectivity index (χ4n) is 3.11. The maximum atomic E-state index is 12.4. The molecule has 2 fully saturated rings. The van der Waals surface area contributed by atoms with Crippen LogP contribution in [0.5, 0.6) is 0 Å². The molecule has 1 N–H and O–H groups in total. The summed E-state index contributed by atoms with van der Waals surface area (Å²) >= 11 is 0. The summed E-state index contributed by atoms with van der Waals surface area (Å²) in [4.78, 5) is 11.9. The van der Waals surface area contributed by atoms with Crippen LogP contribution in [0.2, 0.25) is 0 Å². The minimum Gasteiger partial charge on any atom is -0.478 e. The highest BCUT2D eigenvalue weighted by Crippen LogP contribution is 2.32. The van der Waals surface area contributed by atoms with E-state index in [1.54, 1.807) is 18.2 Å². The van der Waals surface area contributed by atoms with Crippen LogP contribution < -0.4 is 0 Å². The molecule has 6 heteroatoms. The first kappa shape index (κ1) is 17.2. The lowest BCUT2D eigenvalue weighted by Gasteiger charge is -2.25. The average molecular weight is 350 g/mol. The largest absolute Gasteiger partial charge is 0.478 e. The fraction of sp³-hybridized carbons (Fsp3) is 0.500. The molecule has 24 heavy (non-hydrogen) atoms. The lowest BCUT2D eigenvalue weighted by molar-refractivity contribution is -0.130. The van der Waals surface area contributed by atoms with E-state index in [9.17, 15) is 18.3 Å². The van der Waals surface area contributed by atoms with Crippen LogP contribution >= 0.6 is 0 Å². The Balaban J connectivity index is 1.84. The molecule has 2 aliphatic rings. The third-order valence-corrected chi connectivity index (χ3v) is 7.16. The Morgan fingerprint density at radius 3 is 2.21 bits per heavy atom. The van der Waals surface area contributed by atoms with Gasteiger partial charge < -0.3 is 9.84 Å². The standard InChI is InChI=1S/C18H22O5S/c19-18(20)17(12-13-8-10-23-11-9-13)14-4-6-16(7-5-14)24(21,22)15-2-1-3-15/h4-7,12-13,15H,1-3,8-11H2,(H,19,20)/b17-12+. The molecule has 0 atom stereocenters. The first-order valence-electron chi connectivity index (χ1n) is 8.35. The number of carbonyl (C=O) groups is 1. The fourth-order valence-corrected chi connectivity index (χ4v) is 4.96. The number of hydrogen-bond donors (Lipinski definition) is 1. The monoisotopic (exact) mass is 350 g/mol. The Bertz CT molecular complexity index is 723. The summed E-state index contributed by atoms with van der Waals surface area (Å²) in [5, 5.41) is 9.23. The zero-order valence-corrected chi connectivity index (χ0v) is 14.3. The van der Waals surface area contributed by atoms with Crippen LogP contribution in [0.25, 0.3) is 5.57 Å². The maximum absolute atomic E-state index is 12.4. The summed E-state index contributed by atoms with van der Waals surface area (Å²) in [6.07, 6.45) is 5.79. The van der Waals surface area contributed by atoms with Crippen LogP contribution in [-0.2, 0) is 19.4 Å². The van der Waals surface area contributed by atoms with Gasteiger partial charge >= 0.3 is 5.97 Å². The van der Waals surface area contributed by atoms with Crippen LogP contribution in [0.15, 0.2) is 35.2 Å². The molecule has 0 unspecified atom stereocenters. The Morgan fingerprint density at radius 2 is 1.71 bits per heavy atom. The molecular weight excluding hydrogens is 328 g/mol. The minimum atomic E-state index is -3.28. The summed E-state index contributed by atoms with van der Waals surface area (Å²) in [5.41, 5.74) is 0.774. The predicted molar refractivity (Wildman–Crippen MR) is 90.4 cm³/mol. The highest BCUT2D eigenvalue weighted by molar-refractivity contribution is 7.92. The molecule has 1 heterocycles. The molecule has 1 saturated heterocycles. The van der Waals surface area contributed by atoms with E-state index < -0.39 is 15.8 Å². The van der Waals surface area contributed by atoms with Gasteiger partial charge in [-0.15, -0.1) is 0 Å². The molecule has 3 rings (SSSR count). The first-order valence-corrected chi connectivity index (χ1v) is 9.90. The molecular formula is C18H22O5S. The maximum Gasteiger partial charge on any atom is 0.335 e. The first-order chi connectivity index (χ1) is 11.5. The summed E-state index contributed by atoms with van der Waals surface area (Å²) in [7, 11) is -3.28. The van der Waals surface area contributed by atoms with Crippen LogP contribution in [0.3, 0.4) is 0 Å². The number of carboxylic acids is 1. The Hall–Kier alpha value is -1.66. The number of sulfone groups is 1. The van der Waals surface area contributed by atoms with Crippen LogP contribution in [-0.4, -0.2) is 38.0 Å². The summed E-state index contributed by atoms with van der Waals surface area (Å²) in [6.45, 7) is 1.29. The summed E-state index contributed by atoms with van der Waals surface area (Å²) < 4.78 is 30.1. The molecule has 1 aromatic rings. The van der Waals surface area contributed by atoms with Gasteiger partial charge in [-0.25, -0.2) is 13.2 Å². The van der Waals surface area contributed by atoms with Gasteiger partial charge in [-0.3, -0.25) is 0 Å². The number of ether oxygens (including phenoxy) is 1. The van der Waals surface area contributed by atoms with Crippen molar-refractivity contribution in [1.82, 2.24) is 0 Å². The van der Waals surface area contributed by atoms with Crippen molar-refractivity contribution < 1.29 is 23.1 Å². The van der Waals surface area contributed by atoms with Crippen molar-refractivity contribution in [1.29, 1.82) is 0 Å². The Kier molecular flexibility index (Phi) is 5.06. The molecule has 1 aromatic carbocycles. The third-order valence-electron chi connectivity index (χ3n) is 4.88. The van der Waals surface area contributed by atoms with Gasteiger partial charge in [0.1, 0.15) is 0 Å². The van der Waals surface area contributed by atoms with Gasteiger partial charge in [0, 0.05) is 13.2 Å². The van der Waals surface area contributed by atoms with Crippen molar-refractivity contribution in [3.8, 4) is 0 Å². The number of hydrogen-bond acceptors (Lipinski definition) is 4. The molecule has 0 radical (unpaired) electrons. The normalized spacial score (nSPS) is 20.6. The van der Waals surface area contributed by atoms with Gasteiger partial charge in [-0.05, 0) is 49.3 Å². The predicted octanol–water partition coefficient (Wildman–Crippen LogP) is 2.91. The smallest absolute Gasteiger partial charge is 0.335 e. The van der Waals surface area contributed by atoms with Gasteiger partial charge in [0.15, 0.2) is 9.84 Å². The van der Waals surface area contributed by atoms with Gasteiger partial charge in [0.2, 0.25) is 0 Å². The van der Waals surface area contributed by atoms with E-state index in [2.05, 4.69) is 0 Å². The van der Waals surface area contributed by atoms with Crippen molar-refractivity contribution >= 4 is 21.4 Å². The molecule has 130 valence electrons. The Labute approximate surface area is 142 Å². The minimum absolute atomic E-state index is 0.184. The molecule has 1 aliphatic heterocycles. The quantitative estimate of drug-likeness (QED) is 0.826. The second-order valence-corrected chi connectivity index (χ2v) is 8.69. The van der Waals surface area contributed by atoms with E-state index in [1.165, 1.54) is 12.1 Å². The van der Waals surface area contributed by atoms with Crippen LogP contribution in [0.4, 0.5) is 0 Å². The van der Waals surface area contributed by atoms with Gasteiger partial charge in [0.25, 0.3) is 0 Å². The molecule has 0 aromatic heterocycles. The summed E-state index contributed by atoms with van der Waals surface area (Å²) in [5.74, 6) is -0.806. The molecule has 0 bridgehead atoms. The zero-order chi connectivity index (χ0) is 17.2. The number of benzene rings is 1. The van der Waals surface area contributed by atoms with Crippen LogP contribution in [0.1, 0.15) is 37.7 Å². The highest BCUT2D eigenvalue weighted by atomic mass is 32.2. The molecule has 5 nitrogen and oxygen atoms in total. The number of allylic oxidation sites excluding steroid dienone is 1. The van der Waals surface area contributed by atoms with Crippen molar-refractivity contribution in [2.24, 2.45) is 5.92 Å². The highest BCUT2D eigenvalue weighted by Gasteiger charge is 2.32. The van der Waals surface area contributed by atoms with E-state index in [1.807, 2.05) is 0 Å². The van der Waals surface area contributed by atoms with Crippen LogP contribution in [0, 0.1) is 5.92 Å². The van der Waals surface area contributed by atoms with E-state index >= 15 is 0 Å². The summed E-state index contributed by atoms with van der Waals surface area (Å²) in [6, 6.07) is 6.27. The van der Waals surface area contributed by atoms with Gasteiger partial charge in [-0.1, -0.05) is 24.6 Å². The SMILES string of the molecule is O=C(O)/C(=C/C1CCOCC1)c1ccc(S(=O)(=O)C2CCC2)cc1. The lowest BCUT2D eigenvalue weighted by atomic mass is 9.94. The van der Waals surface area contributed by atoms with Crippen molar-refractivity contribution in [3.05, 3.63) is 35.9 Å². The van der Waals surface area contributed by atoms with E-state index in [0.29, 0.717) is 31.6 Å². The topological polar surface area (TPSA) is 80.7 Å². The Morgan fingerprint density at radius 1 is 1.08 bits per heavy atom. The number of rotatable bonds is 5. The van der Waals surface area contributed by atoms with Crippen molar-refractivity contribution in [2.75, 3.05) is 13.2 Å². The molecule has 1 aliphatic carbocycles. The van der Waals surface area contributed by atoms with Gasteiger partial charge in [0.05, 0.1) is 15.7 Å². The zero-order valence-electron chi connectivity index (χ0n) is 13.5. The number of carboxylic acid groups (broad SMARTS) is 1. The van der Waals surface area contributed by atoms with E-state index in [0.717, 1.165) is 19.3 Å². The average Bonchev–Trinajstić information content (AvgIpc) is 2.51. The molecule has 0 amide bonds. The third kappa shape index (κ3) is 3.54. The van der Waals surface area contributed by atoms with Gasteiger partial charge in [-0.2, -0.15) is 0 Å². The van der Waals surface area contributed by atoms with E-state index in [-0.39, 0.29) is 21.6 Å². The second-order valence-electron chi connectivity index (χ2n) is 6.46. The number of aliphatic carboxylic acids is 1. The molecule has 0 spiro atoms.